The van der Waals surface area contributed by atoms with Crippen LogP contribution in [0, 0.1) is 11.8 Å². The number of halogens is 1. The smallest absolute Gasteiger partial charge is 0.193 e. The van der Waals surface area contributed by atoms with Gasteiger partial charge in [0, 0.05) is 45.1 Å². The Balaban J connectivity index is 1.31. The maximum atomic E-state index is 15.4. The highest BCUT2D eigenvalue weighted by atomic mass is 127. The van der Waals surface area contributed by atoms with Crippen LogP contribution in [0.4, 0.5) is 0 Å². The standard InChI is InChI=1S/C72H135IO14Si5/c1-47-40-51(30-33-56-48(2)41-52(79-56)32-35-62-76-38-39-77-62)80-59(49(47)3)45-60-55(63(75-19)61(82-60)44-54(84-89(22,23)69(7,8)9)46-78-88(20,21)68(4,5)6)43-50(74)42-53-31-34-57-64(81-53)66(86-91(26,27)71(13,14)15)67(87-92(28,29)72(16,17)18)65(83-57)58(36-37-73)85-90(24,25)70(10,11)12/h36-37,47,51-67H,2-3,30-35,38-46H2,1,4-29H3/b37-36+/t47-,51-,52-,53+,54-,55-,56-,57-,58?,59+,60-,61+,63+,64+,65+,66?,67?/m0/s1. The highest BCUT2D eigenvalue weighted by Crippen LogP contribution is 2.50. The third-order valence-electron chi connectivity index (χ3n) is 24.0. The fourth-order valence-corrected chi connectivity index (χ4v) is 19.5. The maximum Gasteiger partial charge on any atom is 0.193 e. The second kappa shape index (κ2) is 31.6. The first-order chi connectivity index (χ1) is 42.0. The van der Waals surface area contributed by atoms with E-state index in [-0.39, 0.29) is 123 Å². The molecule has 0 radical (unpaired) electrons. The Morgan fingerprint density at radius 2 is 1.15 bits per heavy atom. The number of fused-ring (bicyclic) bond motifs is 1. The number of carbonyl (C=O) groups excluding carboxylic acids is 1. The van der Waals surface area contributed by atoms with Gasteiger partial charge in [0.1, 0.15) is 30.2 Å². The van der Waals surface area contributed by atoms with E-state index < -0.39 is 72.1 Å². The van der Waals surface area contributed by atoms with Gasteiger partial charge in [0.05, 0.1) is 87.0 Å². The Morgan fingerprint density at radius 1 is 0.609 bits per heavy atom. The van der Waals surface area contributed by atoms with Crippen LogP contribution in [-0.4, -0.2) is 172 Å². The van der Waals surface area contributed by atoms with Crippen molar-refractivity contribution in [1.29, 1.82) is 0 Å². The molecule has 3 unspecified atom stereocenters. The molecule has 92 heavy (non-hydrogen) atoms. The number of rotatable bonds is 28. The first kappa shape index (κ1) is 81.2. The van der Waals surface area contributed by atoms with Crippen LogP contribution in [-0.2, 0) is 64.8 Å². The largest absolute Gasteiger partial charge is 0.414 e. The van der Waals surface area contributed by atoms with Gasteiger partial charge < -0.3 is 60.0 Å². The number of hydrogen-bond acceptors (Lipinski definition) is 14. The van der Waals surface area contributed by atoms with Gasteiger partial charge in [-0.25, -0.2) is 0 Å². The number of methoxy groups -OCH3 is 1. The molecule has 17 atom stereocenters. The minimum absolute atomic E-state index is 0.00240. The fourth-order valence-electron chi connectivity index (χ4n) is 12.8. The van der Waals surface area contributed by atoms with Crippen molar-refractivity contribution >= 4 is 70.0 Å². The number of ketones is 1. The van der Waals surface area contributed by atoms with E-state index >= 15 is 4.79 Å². The molecule has 6 heterocycles. The lowest BCUT2D eigenvalue weighted by Gasteiger charge is -2.56. The van der Waals surface area contributed by atoms with Crippen molar-refractivity contribution in [3.8, 4) is 0 Å². The van der Waals surface area contributed by atoms with Crippen LogP contribution < -0.4 is 0 Å². The molecule has 0 aromatic heterocycles. The van der Waals surface area contributed by atoms with Crippen LogP contribution in [0.2, 0.25) is 90.7 Å². The monoisotopic (exact) mass is 1490 g/mol. The number of Topliss-reactive ketones (excluding diaryl/α,β-unsaturated/α-hetero) is 1. The molecule has 0 aromatic rings. The van der Waals surface area contributed by atoms with Gasteiger partial charge in [-0.1, -0.05) is 147 Å². The lowest BCUT2D eigenvalue weighted by Crippen LogP contribution is -2.69. The Labute approximate surface area is 580 Å². The summed E-state index contributed by atoms with van der Waals surface area (Å²) in [6, 6.07) is 0. The van der Waals surface area contributed by atoms with E-state index in [0.29, 0.717) is 45.5 Å². The Morgan fingerprint density at radius 3 is 1.71 bits per heavy atom. The first-order valence-corrected chi connectivity index (χ1v) is 51.3. The van der Waals surface area contributed by atoms with Crippen LogP contribution in [0.25, 0.3) is 0 Å². The average Bonchev–Trinajstić information content (AvgIpc) is 0.957. The van der Waals surface area contributed by atoms with E-state index in [1.165, 1.54) is 0 Å². The summed E-state index contributed by atoms with van der Waals surface area (Å²) in [4.78, 5) is 15.4. The molecule has 0 amide bonds. The molecule has 6 aliphatic heterocycles. The molecular weight excluding hydrogens is 1360 g/mol. The summed E-state index contributed by atoms with van der Waals surface area (Å²) in [5.41, 5.74) is 2.23. The van der Waals surface area contributed by atoms with E-state index in [1.54, 1.807) is 7.11 Å². The predicted molar refractivity (Wildman–Crippen MR) is 396 cm³/mol. The van der Waals surface area contributed by atoms with Crippen molar-refractivity contribution < 1.29 is 64.8 Å². The zero-order chi connectivity index (χ0) is 69.3. The van der Waals surface area contributed by atoms with Crippen molar-refractivity contribution in [2.45, 2.75) is 376 Å². The van der Waals surface area contributed by atoms with Crippen molar-refractivity contribution in [1.82, 2.24) is 0 Å². The van der Waals surface area contributed by atoms with Gasteiger partial charge in [-0.15, -0.1) is 0 Å². The van der Waals surface area contributed by atoms with Gasteiger partial charge in [0.2, 0.25) is 0 Å². The average molecular weight is 1490 g/mol. The minimum atomic E-state index is -2.50. The molecule has 0 aliphatic carbocycles. The number of hydrogen-bond donors (Lipinski definition) is 0. The summed E-state index contributed by atoms with van der Waals surface area (Å²) < 4.78 is 93.6. The van der Waals surface area contributed by atoms with Gasteiger partial charge >= 0.3 is 0 Å². The molecule has 20 heteroatoms. The molecule has 0 saturated carbocycles. The second-order valence-electron chi connectivity index (χ2n) is 36.2. The van der Waals surface area contributed by atoms with Crippen LogP contribution in [0.1, 0.15) is 188 Å². The van der Waals surface area contributed by atoms with E-state index in [4.69, 9.17) is 66.6 Å². The molecule has 14 nitrogen and oxygen atoms in total. The zero-order valence-electron chi connectivity index (χ0n) is 63.2. The summed E-state index contributed by atoms with van der Waals surface area (Å²) in [6.45, 7) is 70.8. The van der Waals surface area contributed by atoms with Crippen LogP contribution in [0.3, 0.4) is 0 Å². The van der Waals surface area contributed by atoms with Gasteiger partial charge in [0.15, 0.2) is 47.9 Å². The summed E-state index contributed by atoms with van der Waals surface area (Å²) in [7, 11) is -10.0. The molecule has 0 spiro atoms. The summed E-state index contributed by atoms with van der Waals surface area (Å²) in [6.07, 6.45) is 5.70. The minimum Gasteiger partial charge on any atom is -0.414 e. The number of carbonyl (C=O) groups is 1. The van der Waals surface area contributed by atoms with E-state index in [9.17, 15) is 0 Å². The molecule has 6 aliphatic rings. The second-order valence-corrected chi connectivity index (χ2v) is 60.8. The zero-order valence-corrected chi connectivity index (χ0v) is 70.3. The lowest BCUT2D eigenvalue weighted by atomic mass is 9.81. The normalized spacial score (nSPS) is 32.2. The van der Waals surface area contributed by atoms with E-state index in [2.05, 4.69) is 216 Å². The molecular formula is C72H135IO14Si5. The van der Waals surface area contributed by atoms with Crippen LogP contribution >= 0.6 is 22.6 Å². The van der Waals surface area contributed by atoms with Crippen molar-refractivity contribution in [2.24, 2.45) is 11.8 Å². The molecule has 534 valence electrons. The number of ether oxygens (including phenoxy) is 8. The van der Waals surface area contributed by atoms with E-state index in [1.807, 2.05) is 0 Å². The molecule has 6 rings (SSSR count). The third-order valence-corrected chi connectivity index (χ3v) is 46.9. The topological polar surface area (TPSA) is 137 Å². The van der Waals surface area contributed by atoms with E-state index in [0.717, 1.165) is 49.7 Å². The van der Waals surface area contributed by atoms with Gasteiger partial charge in [-0.05, 0) is 163 Å². The fraction of sp³-hybridized carbons (Fsp3) is 0.903. The Kier molecular flexibility index (Phi) is 27.9. The molecule has 6 saturated heterocycles. The summed E-state index contributed by atoms with van der Waals surface area (Å²) in [5.74, 6) is 0.0816. The lowest BCUT2D eigenvalue weighted by molar-refractivity contribution is -0.266. The highest BCUT2D eigenvalue weighted by Gasteiger charge is 2.59. The van der Waals surface area contributed by atoms with Crippen molar-refractivity contribution in [3.63, 3.8) is 0 Å². The molecule has 0 N–H and O–H groups in total. The third kappa shape index (κ3) is 20.7. The predicted octanol–water partition coefficient (Wildman–Crippen LogP) is 18.4. The van der Waals surface area contributed by atoms with Crippen LogP contribution in [0.5, 0.6) is 0 Å². The molecule has 6 fully saturated rings. The quantitative estimate of drug-likeness (QED) is 0.0417. The van der Waals surface area contributed by atoms with Crippen molar-refractivity contribution in [3.05, 3.63) is 34.5 Å². The summed E-state index contributed by atoms with van der Waals surface area (Å²) in [5, 5.41) is -0.257. The SMILES string of the molecule is C=C1C[C@H](CCC2OCCO2)O[C@H]1CC[C@H]1C[C@H](C)C(=C)[C@@H](C[C@@H]2O[C@H](C[C@@H](CO[Si](C)(C)C(C)(C)C)O[Si](C)(C)C(C)(C)C)[C@H](OC)[C@H]2CC(=O)C[C@H]2CC[C@@H]3O[C@H](C(/C=C/I)O[Si](C)(C)C(C)(C)C)C(O[Si](C)(C)C(C)(C)C)C(O[Si](C)(C)C(C)(C)C)[C@@H]3O2)O1. The molecule has 0 aromatic carbocycles. The first-order valence-electron chi connectivity index (χ1n) is 35.6. The summed E-state index contributed by atoms with van der Waals surface area (Å²) >= 11 is 2.32. The van der Waals surface area contributed by atoms with Crippen LogP contribution in [0.15, 0.2) is 34.5 Å². The highest BCUT2D eigenvalue weighted by molar-refractivity contribution is 14.1. The van der Waals surface area contributed by atoms with Crippen molar-refractivity contribution in [2.75, 3.05) is 26.9 Å². The maximum absolute atomic E-state index is 15.4. The Hall–Kier alpha value is 0.184. The molecule has 0 bridgehead atoms. The van der Waals surface area contributed by atoms with Gasteiger partial charge in [-0.3, -0.25) is 4.79 Å². The van der Waals surface area contributed by atoms with Gasteiger partial charge in [0.25, 0.3) is 0 Å². The Bertz CT molecular complexity index is 2430. The van der Waals surface area contributed by atoms with Gasteiger partial charge in [-0.2, -0.15) is 0 Å².